The summed E-state index contributed by atoms with van der Waals surface area (Å²) in [6, 6.07) is 14.1. The molecule has 1 aliphatic rings. The molecule has 0 bridgehead atoms. The summed E-state index contributed by atoms with van der Waals surface area (Å²) >= 11 is 0. The van der Waals surface area contributed by atoms with Gasteiger partial charge in [-0.05, 0) is 30.0 Å². The molecule has 98 valence electrons. The van der Waals surface area contributed by atoms with Crippen LogP contribution in [0.25, 0.3) is 10.8 Å². The summed E-state index contributed by atoms with van der Waals surface area (Å²) in [6.07, 6.45) is -0.378. The molecule has 1 aliphatic heterocycles. The van der Waals surface area contributed by atoms with Crippen LogP contribution in [0.4, 0.5) is 5.69 Å². The van der Waals surface area contributed by atoms with Crippen molar-refractivity contribution in [1.82, 2.24) is 5.32 Å². The molecule has 1 heterocycles. The third kappa shape index (κ3) is 2.20. The van der Waals surface area contributed by atoms with E-state index in [1.54, 1.807) is 4.90 Å². The lowest BCUT2D eigenvalue weighted by atomic mass is 10.1. The predicted octanol–water partition coefficient (Wildman–Crippen LogP) is 1.75. The molecule has 0 radical (unpaired) electrons. The number of fused-ring (bicyclic) bond motifs is 1. The summed E-state index contributed by atoms with van der Waals surface area (Å²) in [6.45, 7) is 0.867. The van der Waals surface area contributed by atoms with Gasteiger partial charge < -0.3 is 10.1 Å². The van der Waals surface area contributed by atoms with Crippen molar-refractivity contribution < 1.29 is 9.53 Å². The largest absolute Gasteiger partial charge is 0.346 e. The fourth-order valence-corrected chi connectivity index (χ4v) is 2.35. The fourth-order valence-electron chi connectivity index (χ4n) is 2.35. The number of carbonyl (C=O) groups is 1. The van der Waals surface area contributed by atoms with Crippen molar-refractivity contribution >= 4 is 22.4 Å². The first kappa shape index (κ1) is 12.1. The van der Waals surface area contributed by atoms with Gasteiger partial charge in [-0.3, -0.25) is 9.69 Å². The number of rotatable bonds is 3. The summed E-state index contributed by atoms with van der Waals surface area (Å²) in [4.78, 5) is 13.9. The van der Waals surface area contributed by atoms with Crippen molar-refractivity contribution in [3.05, 3.63) is 42.5 Å². The standard InChI is InChI=1S/C15H16N2O2/c1-16-9-14-15(18)17(10-19-14)13-7-6-11-4-2-3-5-12(11)8-13/h2-8,14,16H,9-10H2,1H3. The first-order valence-electron chi connectivity index (χ1n) is 6.36. The molecule has 2 aromatic carbocycles. The topological polar surface area (TPSA) is 41.6 Å². The Hall–Kier alpha value is -1.91. The Kier molecular flexibility index (Phi) is 3.19. The highest BCUT2D eigenvalue weighted by atomic mass is 16.5. The molecule has 1 fully saturated rings. The summed E-state index contributed by atoms with van der Waals surface area (Å²) < 4.78 is 5.50. The molecule has 0 aliphatic carbocycles. The molecule has 19 heavy (non-hydrogen) atoms. The van der Waals surface area contributed by atoms with Crippen LogP contribution in [0.15, 0.2) is 42.5 Å². The third-order valence-electron chi connectivity index (χ3n) is 3.38. The number of nitrogens with one attached hydrogen (secondary N) is 1. The van der Waals surface area contributed by atoms with Crippen LogP contribution in [0.2, 0.25) is 0 Å². The molecule has 1 unspecified atom stereocenters. The van der Waals surface area contributed by atoms with Crippen LogP contribution in [-0.2, 0) is 9.53 Å². The number of likely N-dealkylation sites (N-methyl/N-ethyl adjacent to an activating group) is 1. The normalized spacial score (nSPS) is 19.3. The molecule has 1 amide bonds. The van der Waals surface area contributed by atoms with Crippen LogP contribution >= 0.6 is 0 Å². The van der Waals surface area contributed by atoms with E-state index in [-0.39, 0.29) is 12.0 Å². The molecule has 1 N–H and O–H groups in total. The summed E-state index contributed by atoms with van der Waals surface area (Å²) in [5, 5.41) is 5.27. The van der Waals surface area contributed by atoms with Gasteiger partial charge in [-0.1, -0.05) is 30.3 Å². The number of anilines is 1. The van der Waals surface area contributed by atoms with Crippen molar-refractivity contribution in [3.8, 4) is 0 Å². The molecule has 3 rings (SSSR count). The third-order valence-corrected chi connectivity index (χ3v) is 3.38. The molecule has 0 spiro atoms. The van der Waals surface area contributed by atoms with Crippen molar-refractivity contribution in [2.75, 3.05) is 25.2 Å². The minimum Gasteiger partial charge on any atom is -0.346 e. The molecule has 4 nitrogen and oxygen atoms in total. The molecule has 1 atom stereocenters. The highest BCUT2D eigenvalue weighted by molar-refractivity contribution is 6.00. The van der Waals surface area contributed by atoms with E-state index < -0.39 is 0 Å². The zero-order valence-corrected chi connectivity index (χ0v) is 10.8. The Labute approximate surface area is 112 Å². The second-order valence-electron chi connectivity index (χ2n) is 4.64. The maximum Gasteiger partial charge on any atom is 0.259 e. The molecule has 0 saturated carbocycles. The number of ether oxygens (including phenoxy) is 1. The molecule has 4 heteroatoms. The summed E-state index contributed by atoms with van der Waals surface area (Å²) in [7, 11) is 1.81. The van der Waals surface area contributed by atoms with Crippen LogP contribution in [0.1, 0.15) is 0 Å². The summed E-state index contributed by atoms with van der Waals surface area (Å²) in [5.74, 6) is 0.0182. The zero-order chi connectivity index (χ0) is 13.2. The summed E-state index contributed by atoms with van der Waals surface area (Å²) in [5.41, 5.74) is 0.891. The van der Waals surface area contributed by atoms with Crippen LogP contribution in [-0.4, -0.2) is 32.3 Å². The number of carbonyl (C=O) groups excluding carboxylic acids is 1. The van der Waals surface area contributed by atoms with Gasteiger partial charge >= 0.3 is 0 Å². The monoisotopic (exact) mass is 256 g/mol. The van der Waals surface area contributed by atoms with Crippen LogP contribution in [0.5, 0.6) is 0 Å². The highest BCUT2D eigenvalue weighted by Gasteiger charge is 2.32. The van der Waals surface area contributed by atoms with Gasteiger partial charge in [-0.25, -0.2) is 0 Å². The number of amides is 1. The smallest absolute Gasteiger partial charge is 0.259 e. The average molecular weight is 256 g/mol. The van der Waals surface area contributed by atoms with E-state index in [1.807, 2.05) is 43.4 Å². The van der Waals surface area contributed by atoms with Gasteiger partial charge in [0, 0.05) is 12.2 Å². The van der Waals surface area contributed by atoms with E-state index in [2.05, 4.69) is 11.4 Å². The average Bonchev–Trinajstić information content (AvgIpc) is 2.80. The zero-order valence-electron chi connectivity index (χ0n) is 10.8. The van der Waals surface area contributed by atoms with E-state index in [0.29, 0.717) is 13.3 Å². The maximum atomic E-state index is 12.2. The Balaban J connectivity index is 1.90. The quantitative estimate of drug-likeness (QED) is 0.909. The van der Waals surface area contributed by atoms with E-state index in [1.165, 1.54) is 5.39 Å². The number of hydrogen-bond acceptors (Lipinski definition) is 3. The van der Waals surface area contributed by atoms with E-state index in [4.69, 9.17) is 4.74 Å². The van der Waals surface area contributed by atoms with Gasteiger partial charge in [-0.2, -0.15) is 0 Å². The molecular formula is C15H16N2O2. The van der Waals surface area contributed by atoms with E-state index in [9.17, 15) is 4.79 Å². The lowest BCUT2D eigenvalue weighted by molar-refractivity contribution is -0.121. The Morgan fingerprint density at radius 2 is 2.05 bits per heavy atom. The van der Waals surface area contributed by atoms with Gasteiger partial charge in [0.2, 0.25) is 0 Å². The van der Waals surface area contributed by atoms with E-state index in [0.717, 1.165) is 11.1 Å². The highest BCUT2D eigenvalue weighted by Crippen LogP contribution is 2.25. The van der Waals surface area contributed by atoms with Crippen LogP contribution < -0.4 is 10.2 Å². The van der Waals surface area contributed by atoms with Crippen molar-refractivity contribution in [2.45, 2.75) is 6.10 Å². The molecule has 0 aromatic heterocycles. The second-order valence-corrected chi connectivity index (χ2v) is 4.64. The maximum absolute atomic E-state index is 12.2. The van der Waals surface area contributed by atoms with Gasteiger partial charge in [0.15, 0.2) is 6.10 Å². The van der Waals surface area contributed by atoms with Crippen molar-refractivity contribution in [3.63, 3.8) is 0 Å². The van der Waals surface area contributed by atoms with Crippen molar-refractivity contribution in [2.24, 2.45) is 0 Å². The fraction of sp³-hybridized carbons (Fsp3) is 0.267. The first-order valence-corrected chi connectivity index (χ1v) is 6.36. The SMILES string of the molecule is CNCC1OCN(c2ccc3ccccc3c2)C1=O. The van der Waals surface area contributed by atoms with Crippen molar-refractivity contribution in [1.29, 1.82) is 0 Å². The van der Waals surface area contributed by atoms with E-state index >= 15 is 0 Å². The lowest BCUT2D eigenvalue weighted by Crippen LogP contribution is -2.34. The van der Waals surface area contributed by atoms with Gasteiger partial charge in [0.25, 0.3) is 5.91 Å². The number of benzene rings is 2. The Bertz CT molecular complexity index is 612. The lowest BCUT2D eigenvalue weighted by Gasteiger charge is -2.15. The van der Waals surface area contributed by atoms with Crippen LogP contribution in [0.3, 0.4) is 0 Å². The van der Waals surface area contributed by atoms with Gasteiger partial charge in [0.05, 0.1) is 0 Å². The number of nitrogens with zero attached hydrogens (tertiary/aromatic N) is 1. The molecule has 2 aromatic rings. The number of hydrogen-bond donors (Lipinski definition) is 1. The minimum atomic E-state index is -0.378. The second kappa shape index (κ2) is 4.99. The Morgan fingerprint density at radius 1 is 1.26 bits per heavy atom. The first-order chi connectivity index (χ1) is 9.29. The molecular weight excluding hydrogens is 240 g/mol. The van der Waals surface area contributed by atoms with Crippen LogP contribution in [0, 0.1) is 0 Å². The van der Waals surface area contributed by atoms with Gasteiger partial charge in [-0.15, -0.1) is 0 Å². The van der Waals surface area contributed by atoms with Gasteiger partial charge in [0.1, 0.15) is 6.73 Å². The predicted molar refractivity (Wildman–Crippen MR) is 75.1 cm³/mol. The molecule has 1 saturated heterocycles. The minimum absolute atomic E-state index is 0.0182. The Morgan fingerprint density at radius 3 is 2.84 bits per heavy atom.